The molecule has 1 aromatic rings. The van der Waals surface area contributed by atoms with E-state index in [9.17, 15) is 0 Å². The van der Waals surface area contributed by atoms with E-state index in [1.165, 1.54) is 0 Å². The molecule has 2 atom stereocenters. The fourth-order valence-corrected chi connectivity index (χ4v) is 2.89. The second kappa shape index (κ2) is 7.62. The molecular weight excluding hydrogens is 374 g/mol. The molecule has 0 spiro atoms. The van der Waals surface area contributed by atoms with Crippen molar-refractivity contribution in [1.82, 2.24) is 4.90 Å². The highest BCUT2D eigenvalue weighted by Gasteiger charge is 2.24. The highest BCUT2D eigenvalue weighted by atomic mass is 79.9. The van der Waals surface area contributed by atoms with Crippen LogP contribution in [0.5, 0.6) is 5.75 Å². The third kappa shape index (κ3) is 4.74. The number of rotatable bonds is 5. The summed E-state index contributed by atoms with van der Waals surface area (Å²) >= 11 is 6.93. The van der Waals surface area contributed by atoms with Crippen LogP contribution in [0, 0.1) is 0 Å². The van der Waals surface area contributed by atoms with Crippen LogP contribution in [-0.2, 0) is 4.74 Å². The van der Waals surface area contributed by atoms with E-state index in [4.69, 9.17) is 9.47 Å². The normalized spacial score (nSPS) is 24.4. The molecule has 0 aliphatic carbocycles. The van der Waals surface area contributed by atoms with Crippen molar-refractivity contribution >= 4 is 31.9 Å². The van der Waals surface area contributed by atoms with E-state index in [1.807, 2.05) is 24.3 Å². The third-order valence-electron chi connectivity index (χ3n) is 3.25. The van der Waals surface area contributed by atoms with E-state index in [0.29, 0.717) is 18.8 Å². The largest absolute Gasteiger partial charge is 0.492 e. The molecule has 0 amide bonds. The molecule has 19 heavy (non-hydrogen) atoms. The predicted octanol–water partition coefficient (Wildman–Crippen LogP) is 3.31. The summed E-state index contributed by atoms with van der Waals surface area (Å²) in [4.78, 5) is 2.42. The zero-order chi connectivity index (χ0) is 13.7. The monoisotopic (exact) mass is 391 g/mol. The predicted molar refractivity (Wildman–Crippen MR) is 84.2 cm³/mol. The summed E-state index contributed by atoms with van der Waals surface area (Å²) in [7, 11) is 0. The molecule has 1 fully saturated rings. The van der Waals surface area contributed by atoms with Crippen molar-refractivity contribution in [1.29, 1.82) is 0 Å². The van der Waals surface area contributed by atoms with Gasteiger partial charge in [0.25, 0.3) is 0 Å². The molecule has 0 aromatic heterocycles. The Morgan fingerprint density at radius 2 is 2.32 bits per heavy atom. The van der Waals surface area contributed by atoms with E-state index < -0.39 is 0 Å². The number of benzene rings is 1. The van der Waals surface area contributed by atoms with Gasteiger partial charge in [0.05, 0.1) is 12.7 Å². The van der Waals surface area contributed by atoms with Gasteiger partial charge in [-0.15, -0.1) is 0 Å². The van der Waals surface area contributed by atoms with Crippen LogP contribution >= 0.6 is 31.9 Å². The first kappa shape index (κ1) is 15.3. The Morgan fingerprint density at radius 1 is 1.47 bits per heavy atom. The summed E-state index contributed by atoms with van der Waals surface area (Å²) in [6.45, 7) is 5.60. The molecule has 5 heteroatoms. The maximum Gasteiger partial charge on any atom is 0.120 e. The fourth-order valence-electron chi connectivity index (χ4n) is 2.12. The quantitative estimate of drug-likeness (QED) is 0.717. The summed E-state index contributed by atoms with van der Waals surface area (Å²) in [5, 5.41) is 0.892. The maximum absolute atomic E-state index is 5.78. The fraction of sp³-hybridized carbons (Fsp3) is 0.571. The molecule has 2 rings (SSSR count). The Morgan fingerprint density at radius 3 is 3.05 bits per heavy atom. The molecule has 0 saturated carbocycles. The molecule has 1 heterocycles. The van der Waals surface area contributed by atoms with Gasteiger partial charge in [-0.3, -0.25) is 4.90 Å². The summed E-state index contributed by atoms with van der Waals surface area (Å²) in [6.07, 6.45) is 0.294. The highest BCUT2D eigenvalue weighted by Crippen LogP contribution is 2.18. The number of halogens is 2. The molecule has 3 nitrogen and oxygen atoms in total. The molecular formula is C14H19Br2NO2. The van der Waals surface area contributed by atoms with Crippen LogP contribution in [0.15, 0.2) is 28.7 Å². The van der Waals surface area contributed by atoms with Crippen LogP contribution in [0.2, 0.25) is 0 Å². The lowest BCUT2D eigenvalue weighted by Crippen LogP contribution is -2.50. The van der Waals surface area contributed by atoms with Crippen molar-refractivity contribution in [3.8, 4) is 5.75 Å². The zero-order valence-corrected chi connectivity index (χ0v) is 14.2. The van der Waals surface area contributed by atoms with Crippen molar-refractivity contribution in [3.05, 3.63) is 28.7 Å². The van der Waals surface area contributed by atoms with Crippen molar-refractivity contribution in [2.75, 3.05) is 31.6 Å². The van der Waals surface area contributed by atoms with Crippen molar-refractivity contribution in [2.45, 2.75) is 19.1 Å². The maximum atomic E-state index is 5.78. The summed E-state index contributed by atoms with van der Waals surface area (Å²) in [5.41, 5.74) is 0. The smallest absolute Gasteiger partial charge is 0.120 e. The minimum Gasteiger partial charge on any atom is -0.492 e. The Hall–Kier alpha value is -0.100. The van der Waals surface area contributed by atoms with Crippen LogP contribution in [0.25, 0.3) is 0 Å². The minimum absolute atomic E-state index is 0.294. The molecule has 1 aliphatic heterocycles. The standard InChI is InChI=1S/C14H19Br2NO2/c1-11-10-19-14(8-15)9-17(11)5-6-18-13-4-2-3-12(16)7-13/h2-4,7,11,14H,5-6,8-10H2,1H3. The van der Waals surface area contributed by atoms with Gasteiger partial charge >= 0.3 is 0 Å². The van der Waals surface area contributed by atoms with E-state index in [-0.39, 0.29) is 0 Å². The Labute approximate surface area is 131 Å². The SMILES string of the molecule is CC1COC(CBr)CN1CCOc1cccc(Br)c1. The molecule has 0 radical (unpaired) electrons. The molecule has 0 bridgehead atoms. The van der Waals surface area contributed by atoms with Crippen LogP contribution in [0.4, 0.5) is 0 Å². The molecule has 1 saturated heterocycles. The van der Waals surface area contributed by atoms with E-state index >= 15 is 0 Å². The highest BCUT2D eigenvalue weighted by molar-refractivity contribution is 9.10. The summed E-state index contributed by atoms with van der Waals surface area (Å²) in [6, 6.07) is 8.41. The van der Waals surface area contributed by atoms with Gasteiger partial charge < -0.3 is 9.47 Å². The molecule has 2 unspecified atom stereocenters. The van der Waals surface area contributed by atoms with Crippen LogP contribution in [0.3, 0.4) is 0 Å². The van der Waals surface area contributed by atoms with Gasteiger partial charge in [-0.1, -0.05) is 37.9 Å². The lowest BCUT2D eigenvalue weighted by atomic mass is 10.2. The summed E-state index contributed by atoms with van der Waals surface area (Å²) in [5.74, 6) is 0.910. The second-order valence-corrected chi connectivity index (χ2v) is 6.32. The van der Waals surface area contributed by atoms with Gasteiger partial charge in [0.2, 0.25) is 0 Å². The number of hydrogen-bond donors (Lipinski definition) is 0. The average molecular weight is 393 g/mol. The molecule has 106 valence electrons. The Bertz CT molecular complexity index is 403. The number of alkyl halides is 1. The van der Waals surface area contributed by atoms with Gasteiger partial charge in [0, 0.05) is 28.9 Å². The van der Waals surface area contributed by atoms with Crippen molar-refractivity contribution in [2.24, 2.45) is 0 Å². The summed E-state index contributed by atoms with van der Waals surface area (Å²) < 4.78 is 12.5. The van der Waals surface area contributed by atoms with Crippen molar-refractivity contribution < 1.29 is 9.47 Å². The number of hydrogen-bond acceptors (Lipinski definition) is 3. The number of morpholine rings is 1. The van der Waals surface area contributed by atoms with E-state index in [1.54, 1.807) is 0 Å². The first-order valence-corrected chi connectivity index (χ1v) is 8.40. The van der Waals surface area contributed by atoms with Crippen LogP contribution in [-0.4, -0.2) is 48.7 Å². The Balaban J connectivity index is 1.78. The van der Waals surface area contributed by atoms with Crippen LogP contribution in [0.1, 0.15) is 6.92 Å². The van der Waals surface area contributed by atoms with E-state index in [0.717, 1.165) is 35.2 Å². The minimum atomic E-state index is 0.294. The lowest BCUT2D eigenvalue weighted by Gasteiger charge is -2.37. The number of ether oxygens (including phenoxy) is 2. The Kier molecular flexibility index (Phi) is 6.13. The zero-order valence-electron chi connectivity index (χ0n) is 11.0. The molecule has 0 N–H and O–H groups in total. The lowest BCUT2D eigenvalue weighted by molar-refractivity contribution is -0.0496. The number of nitrogens with zero attached hydrogens (tertiary/aromatic N) is 1. The average Bonchev–Trinajstić information content (AvgIpc) is 2.41. The molecule has 1 aliphatic rings. The van der Waals surface area contributed by atoms with Crippen LogP contribution < -0.4 is 4.74 Å². The van der Waals surface area contributed by atoms with E-state index in [2.05, 4.69) is 43.7 Å². The first-order valence-electron chi connectivity index (χ1n) is 6.49. The van der Waals surface area contributed by atoms with Crippen molar-refractivity contribution in [3.63, 3.8) is 0 Å². The molecule has 1 aromatic carbocycles. The van der Waals surface area contributed by atoms with Gasteiger partial charge in [0.15, 0.2) is 0 Å². The van der Waals surface area contributed by atoms with Gasteiger partial charge in [-0.25, -0.2) is 0 Å². The van der Waals surface area contributed by atoms with Gasteiger partial charge in [0.1, 0.15) is 12.4 Å². The second-order valence-electron chi connectivity index (χ2n) is 4.76. The topological polar surface area (TPSA) is 21.7 Å². The van der Waals surface area contributed by atoms with Gasteiger partial charge in [-0.2, -0.15) is 0 Å². The van der Waals surface area contributed by atoms with Gasteiger partial charge in [-0.05, 0) is 25.1 Å². The first-order chi connectivity index (χ1) is 9.19. The third-order valence-corrected chi connectivity index (χ3v) is 4.47.